The van der Waals surface area contributed by atoms with Crippen LogP contribution in [0, 0.1) is 23.7 Å². The van der Waals surface area contributed by atoms with Gasteiger partial charge in [-0.1, -0.05) is 0 Å². The highest BCUT2D eigenvalue weighted by Crippen LogP contribution is 2.54. The number of halogens is 3. The normalized spacial score (nSPS) is 34.9. The molecule has 5 rings (SSSR count). The number of hydrogen-bond acceptors (Lipinski definition) is 9. The van der Waals surface area contributed by atoms with Gasteiger partial charge in [0.1, 0.15) is 5.75 Å². The fourth-order valence-corrected chi connectivity index (χ4v) is 7.21. The number of hydrogen-bond donors (Lipinski definition) is 3. The van der Waals surface area contributed by atoms with Crippen molar-refractivity contribution in [3.05, 3.63) is 28.3 Å². The predicted molar refractivity (Wildman–Crippen MR) is 126 cm³/mol. The standard InChI is InChI=1S/C26H28F3N3O7/c1-31(2)19-12-7-9-6-11-16(14(33)8-10(13-4-5-32(13)3)18(11)26(27,28)29)20(34)15(9)22(36)25(12,39)23(37)17(21(19)35)24(30)38/h8-9,12-13,15,17,19,33,39H,4-7H2,1-3H3,(H2,30,38). The van der Waals surface area contributed by atoms with E-state index in [1.807, 2.05) is 0 Å². The van der Waals surface area contributed by atoms with E-state index in [1.165, 1.54) is 19.0 Å². The molecule has 0 spiro atoms. The van der Waals surface area contributed by atoms with Gasteiger partial charge in [-0.25, -0.2) is 0 Å². The first-order valence-electron chi connectivity index (χ1n) is 12.5. The van der Waals surface area contributed by atoms with Crippen LogP contribution >= 0.6 is 0 Å². The second kappa shape index (κ2) is 8.67. The fraction of sp³-hybridized carbons (Fsp3) is 0.577. The minimum Gasteiger partial charge on any atom is -0.507 e. The zero-order valence-electron chi connectivity index (χ0n) is 21.4. The van der Waals surface area contributed by atoms with E-state index in [2.05, 4.69) is 0 Å². The minimum atomic E-state index is -4.88. The Hall–Kier alpha value is -3.16. The van der Waals surface area contributed by atoms with Crippen molar-refractivity contribution < 1.29 is 47.4 Å². The van der Waals surface area contributed by atoms with E-state index in [9.17, 15) is 47.4 Å². The third kappa shape index (κ3) is 3.62. The number of carbonyl (C=O) groups is 5. The van der Waals surface area contributed by atoms with Gasteiger partial charge in [0.25, 0.3) is 0 Å². The number of amides is 1. The number of nitrogens with zero attached hydrogens (tertiary/aromatic N) is 2. The largest absolute Gasteiger partial charge is 0.507 e. The molecule has 4 N–H and O–H groups in total. The van der Waals surface area contributed by atoms with E-state index in [1.54, 1.807) is 11.9 Å². The number of rotatable bonds is 3. The summed E-state index contributed by atoms with van der Waals surface area (Å²) in [5.41, 5.74) is 0.0162. The molecule has 1 amide bonds. The summed E-state index contributed by atoms with van der Waals surface area (Å²) < 4.78 is 43.5. The molecule has 210 valence electrons. The Kier molecular flexibility index (Phi) is 6.09. The fourth-order valence-electron chi connectivity index (χ4n) is 7.21. The Morgan fingerprint density at radius 1 is 1.18 bits per heavy atom. The summed E-state index contributed by atoms with van der Waals surface area (Å²) in [6.45, 7) is 0.554. The summed E-state index contributed by atoms with van der Waals surface area (Å²) in [4.78, 5) is 68.8. The molecule has 0 aromatic heterocycles. The highest BCUT2D eigenvalue weighted by molar-refractivity contribution is 6.32. The Morgan fingerprint density at radius 3 is 2.31 bits per heavy atom. The average molecular weight is 552 g/mol. The van der Waals surface area contributed by atoms with Crippen LogP contribution in [0.3, 0.4) is 0 Å². The molecule has 1 aliphatic heterocycles. The van der Waals surface area contributed by atoms with Gasteiger partial charge in [-0.3, -0.25) is 33.8 Å². The van der Waals surface area contributed by atoms with Crippen molar-refractivity contribution in [2.75, 3.05) is 27.7 Å². The number of phenolic OH excluding ortho intramolecular Hbond substituents is 1. The predicted octanol–water partition coefficient (Wildman–Crippen LogP) is 0.262. The number of nitrogens with two attached hydrogens (primary N) is 1. The summed E-state index contributed by atoms with van der Waals surface area (Å²) >= 11 is 0. The van der Waals surface area contributed by atoms with Crippen molar-refractivity contribution in [2.45, 2.75) is 43.1 Å². The number of primary amides is 1. The lowest BCUT2D eigenvalue weighted by Gasteiger charge is -2.52. The Balaban J connectivity index is 1.68. The molecular weight excluding hydrogens is 523 g/mol. The summed E-state index contributed by atoms with van der Waals surface area (Å²) in [5.74, 6) is -13.3. The number of ketones is 4. The minimum absolute atomic E-state index is 0.170. The maximum Gasteiger partial charge on any atom is 0.417 e. The van der Waals surface area contributed by atoms with Gasteiger partial charge in [-0.2, -0.15) is 13.2 Å². The van der Waals surface area contributed by atoms with Crippen LogP contribution in [0.5, 0.6) is 5.75 Å². The molecule has 13 heteroatoms. The van der Waals surface area contributed by atoms with E-state index in [0.717, 1.165) is 6.07 Å². The molecule has 10 nitrogen and oxygen atoms in total. The Morgan fingerprint density at radius 2 is 1.82 bits per heavy atom. The number of likely N-dealkylation sites (N-methyl/N-ethyl adjacent to an activating group) is 1. The van der Waals surface area contributed by atoms with Crippen LogP contribution in [0.1, 0.15) is 45.9 Å². The van der Waals surface area contributed by atoms with Gasteiger partial charge in [0, 0.05) is 18.5 Å². The number of aliphatic hydroxyl groups is 1. The smallest absolute Gasteiger partial charge is 0.417 e. The van der Waals surface area contributed by atoms with Crippen LogP contribution in [0.2, 0.25) is 0 Å². The molecule has 1 saturated heterocycles. The molecule has 7 unspecified atom stereocenters. The molecule has 39 heavy (non-hydrogen) atoms. The van der Waals surface area contributed by atoms with E-state index in [4.69, 9.17) is 5.73 Å². The van der Waals surface area contributed by atoms with Crippen molar-refractivity contribution in [3.63, 3.8) is 0 Å². The molecule has 3 aliphatic carbocycles. The SMILES string of the molecule is CN(C)C1C(=O)C(C(N)=O)C(=O)C2(O)C(=O)C3C(=O)c4c(O)cc(C5CCN5C)c(C(F)(F)F)c4CC3CC12. The van der Waals surface area contributed by atoms with Gasteiger partial charge in [-0.15, -0.1) is 0 Å². The maximum atomic E-state index is 14.5. The average Bonchev–Trinajstić information content (AvgIpc) is 2.78. The van der Waals surface area contributed by atoms with Gasteiger partial charge in [0.05, 0.1) is 23.1 Å². The number of Topliss-reactive ketones (excluding diaryl/α,β-unsaturated/α-hetero) is 4. The highest BCUT2D eigenvalue weighted by atomic mass is 19.4. The summed E-state index contributed by atoms with van der Waals surface area (Å²) in [6, 6.07) is -1.06. The molecule has 1 heterocycles. The van der Waals surface area contributed by atoms with Crippen LogP contribution < -0.4 is 5.73 Å². The summed E-state index contributed by atoms with van der Waals surface area (Å²) in [7, 11) is 4.50. The Labute approximate surface area is 220 Å². The molecule has 1 aromatic rings. The number of carbonyl (C=O) groups excluding carboxylic acids is 5. The van der Waals surface area contributed by atoms with E-state index in [0.29, 0.717) is 13.0 Å². The number of fused-ring (bicyclic) bond motifs is 3. The van der Waals surface area contributed by atoms with Crippen molar-refractivity contribution in [1.82, 2.24) is 9.80 Å². The van der Waals surface area contributed by atoms with Crippen LogP contribution in [0.4, 0.5) is 13.2 Å². The molecule has 7 atom stereocenters. The number of benzene rings is 1. The van der Waals surface area contributed by atoms with Crippen molar-refractivity contribution in [2.24, 2.45) is 29.4 Å². The third-order valence-electron chi connectivity index (χ3n) is 9.02. The first-order valence-corrected chi connectivity index (χ1v) is 12.5. The molecule has 0 bridgehead atoms. The van der Waals surface area contributed by atoms with Crippen LogP contribution in [0.15, 0.2) is 6.07 Å². The maximum absolute atomic E-state index is 14.5. The van der Waals surface area contributed by atoms with Gasteiger partial charge < -0.3 is 15.9 Å². The monoisotopic (exact) mass is 551 g/mol. The van der Waals surface area contributed by atoms with Crippen molar-refractivity contribution in [1.29, 1.82) is 0 Å². The van der Waals surface area contributed by atoms with E-state index in [-0.39, 0.29) is 12.0 Å². The van der Waals surface area contributed by atoms with Crippen LogP contribution in [0.25, 0.3) is 0 Å². The second-order valence-electron chi connectivity index (χ2n) is 11.3. The van der Waals surface area contributed by atoms with Gasteiger partial charge in [-0.05, 0) is 63.5 Å². The summed E-state index contributed by atoms with van der Waals surface area (Å²) in [5, 5.41) is 22.3. The topological polar surface area (TPSA) is 158 Å². The quantitative estimate of drug-likeness (QED) is 0.448. The van der Waals surface area contributed by atoms with Crippen LogP contribution in [-0.4, -0.2) is 88.4 Å². The number of alkyl halides is 3. The summed E-state index contributed by atoms with van der Waals surface area (Å²) in [6.07, 6.45) is -5.23. The zero-order valence-corrected chi connectivity index (χ0v) is 21.4. The molecule has 1 aromatic carbocycles. The van der Waals surface area contributed by atoms with Gasteiger partial charge in [0.2, 0.25) is 5.91 Å². The molecule has 4 aliphatic rings. The zero-order chi connectivity index (χ0) is 28.9. The second-order valence-corrected chi connectivity index (χ2v) is 11.3. The molecule has 3 fully saturated rings. The lowest BCUT2D eigenvalue weighted by molar-refractivity contribution is -0.181. The van der Waals surface area contributed by atoms with E-state index >= 15 is 0 Å². The van der Waals surface area contributed by atoms with Gasteiger partial charge in [0.15, 0.2) is 34.7 Å². The molecule has 2 saturated carbocycles. The lowest BCUT2D eigenvalue weighted by atomic mass is 9.52. The molecule has 0 radical (unpaired) electrons. The van der Waals surface area contributed by atoms with Crippen molar-refractivity contribution in [3.8, 4) is 5.75 Å². The highest BCUT2D eigenvalue weighted by Gasteiger charge is 2.69. The Bertz CT molecular complexity index is 1340. The number of aromatic hydroxyl groups is 1. The number of likely N-dealkylation sites (tertiary alicyclic amines) is 1. The first-order chi connectivity index (χ1) is 18.0. The first kappa shape index (κ1) is 27.4. The van der Waals surface area contributed by atoms with Gasteiger partial charge >= 0.3 is 6.18 Å². The third-order valence-corrected chi connectivity index (χ3v) is 9.02. The molecular formula is C26H28F3N3O7. The van der Waals surface area contributed by atoms with Crippen LogP contribution in [-0.2, 0) is 31.8 Å². The van der Waals surface area contributed by atoms with E-state index < -0.39 is 105 Å². The van der Waals surface area contributed by atoms with Crippen molar-refractivity contribution >= 4 is 29.0 Å². The number of phenols is 1. The lowest BCUT2D eigenvalue weighted by Crippen LogP contribution is -2.74.